The summed E-state index contributed by atoms with van der Waals surface area (Å²) in [5.74, 6) is -2.05. The Morgan fingerprint density at radius 1 is 0.449 bits per heavy atom. The molecule has 0 rings (SSSR count). The van der Waals surface area contributed by atoms with Crippen LogP contribution in [0.5, 0.6) is 0 Å². The van der Waals surface area contributed by atoms with Gasteiger partial charge in [-0.15, -0.1) is 0 Å². The number of aliphatic carboxylic acids is 1. The Balaban J connectivity index is 4.38. The molecule has 2 atom stereocenters. The van der Waals surface area contributed by atoms with E-state index in [1.807, 2.05) is 21.1 Å². The van der Waals surface area contributed by atoms with Crippen LogP contribution in [0.3, 0.4) is 0 Å². The van der Waals surface area contributed by atoms with Crippen molar-refractivity contribution >= 4 is 17.9 Å². The van der Waals surface area contributed by atoms with Crippen LogP contribution in [0.25, 0.3) is 0 Å². The highest BCUT2D eigenvalue weighted by Crippen LogP contribution is 2.14. The van der Waals surface area contributed by atoms with Gasteiger partial charge >= 0.3 is 17.9 Å². The van der Waals surface area contributed by atoms with Crippen molar-refractivity contribution < 1.29 is 42.9 Å². The van der Waals surface area contributed by atoms with E-state index in [1.54, 1.807) is 0 Å². The number of nitrogens with zero attached hydrogens (tertiary/aromatic N) is 1. The quantitative estimate of drug-likeness (QED) is 0.0211. The minimum atomic E-state index is -1.52. The Morgan fingerprint density at radius 2 is 0.826 bits per heavy atom. The van der Waals surface area contributed by atoms with Gasteiger partial charge in [0, 0.05) is 12.8 Å². The van der Waals surface area contributed by atoms with Crippen LogP contribution in [0.2, 0.25) is 0 Å². The third kappa shape index (κ3) is 51.9. The summed E-state index contributed by atoms with van der Waals surface area (Å²) in [5, 5.41) is 9.69. The van der Waals surface area contributed by atoms with Gasteiger partial charge in [0.25, 0.3) is 6.29 Å². The Morgan fingerprint density at radius 3 is 1.23 bits per heavy atom. The molecule has 0 radical (unpaired) electrons. The normalized spacial score (nSPS) is 13.6. The highest BCUT2D eigenvalue weighted by atomic mass is 16.7. The molecular weight excluding hydrogens is 863 g/mol. The molecule has 2 unspecified atom stereocenters. The van der Waals surface area contributed by atoms with Gasteiger partial charge in [-0.3, -0.25) is 9.59 Å². The second kappa shape index (κ2) is 50.6. The van der Waals surface area contributed by atoms with Gasteiger partial charge in [-0.2, -0.15) is 0 Å². The third-order valence-corrected chi connectivity index (χ3v) is 11.3. The van der Waals surface area contributed by atoms with E-state index in [0.29, 0.717) is 17.4 Å². The van der Waals surface area contributed by atoms with Gasteiger partial charge in [-0.25, -0.2) is 4.79 Å². The fourth-order valence-corrected chi connectivity index (χ4v) is 7.10. The molecule has 0 aliphatic heterocycles. The average Bonchev–Trinajstić information content (AvgIpc) is 3.31. The van der Waals surface area contributed by atoms with Crippen LogP contribution in [0, 0.1) is 0 Å². The molecule has 0 aliphatic rings. The first kappa shape index (κ1) is 65.2. The lowest BCUT2D eigenvalue weighted by atomic mass is 10.1. The fourth-order valence-electron chi connectivity index (χ4n) is 7.10. The van der Waals surface area contributed by atoms with Crippen LogP contribution in [0.15, 0.2) is 97.2 Å². The van der Waals surface area contributed by atoms with Crippen LogP contribution in [-0.4, -0.2) is 87.4 Å². The minimum Gasteiger partial charge on any atom is -0.477 e. The number of carboxylic acid groups (broad SMARTS) is 1. The predicted octanol–water partition coefficient (Wildman–Crippen LogP) is 15.8. The minimum absolute atomic E-state index is 0.177. The topological polar surface area (TPSA) is 108 Å². The number of carbonyl (C=O) groups is 3. The van der Waals surface area contributed by atoms with E-state index < -0.39 is 24.3 Å². The number of carboxylic acids is 1. The van der Waals surface area contributed by atoms with Crippen molar-refractivity contribution in [1.82, 2.24) is 0 Å². The summed E-state index contributed by atoms with van der Waals surface area (Å²) in [4.78, 5) is 37.4. The Labute approximate surface area is 422 Å². The monoisotopic (exact) mass is 965 g/mol. The van der Waals surface area contributed by atoms with Crippen LogP contribution in [-0.2, 0) is 33.3 Å². The summed E-state index contributed by atoms with van der Waals surface area (Å²) in [5.41, 5.74) is 0. The summed E-state index contributed by atoms with van der Waals surface area (Å²) in [6.07, 6.45) is 64.7. The molecule has 0 aromatic heterocycles. The number of esters is 2. The molecule has 69 heavy (non-hydrogen) atoms. The lowest BCUT2D eigenvalue weighted by molar-refractivity contribution is -0.870. The maximum atomic E-state index is 12.9. The first-order valence-corrected chi connectivity index (χ1v) is 27.4. The van der Waals surface area contributed by atoms with Gasteiger partial charge in [-0.05, 0) is 96.3 Å². The van der Waals surface area contributed by atoms with Crippen molar-refractivity contribution in [1.29, 1.82) is 0 Å². The summed E-state index contributed by atoms with van der Waals surface area (Å²) in [6, 6.07) is 0. The first-order chi connectivity index (χ1) is 33.6. The number of hydrogen-bond acceptors (Lipinski definition) is 7. The molecule has 0 aliphatic carbocycles. The molecule has 0 heterocycles. The smallest absolute Gasteiger partial charge is 0.361 e. The van der Waals surface area contributed by atoms with Crippen molar-refractivity contribution in [3.8, 4) is 0 Å². The van der Waals surface area contributed by atoms with Gasteiger partial charge in [0.2, 0.25) is 0 Å². The molecular formula is C60H102NO8+. The van der Waals surface area contributed by atoms with E-state index in [-0.39, 0.29) is 38.6 Å². The van der Waals surface area contributed by atoms with Crippen LogP contribution >= 0.6 is 0 Å². The zero-order valence-electron chi connectivity index (χ0n) is 44.7. The maximum Gasteiger partial charge on any atom is 0.361 e. The molecule has 0 aromatic rings. The standard InChI is InChI=1S/C60H101NO8/c1-6-8-10-12-14-16-18-20-22-24-26-28-29-31-33-35-37-39-41-43-45-47-49-51-58(63)69-56(55-68-60(59(64)65)66-53-52-61(3,4)5)54-67-57(62)50-48-46-44-42-40-38-36-34-32-30-27-25-23-21-19-17-15-13-11-9-7-2/h8,10,14,16,19-22,25-28,31-34,56,60H,6-7,9,11-13,15,17-18,23-24,29-30,35-55H2,1-5H3/p+1/b10-8-,16-14-,21-19-,22-20-,27-25-,28-26-,33-31-,34-32-. The second-order valence-corrected chi connectivity index (χ2v) is 19.2. The van der Waals surface area contributed by atoms with Gasteiger partial charge < -0.3 is 28.5 Å². The molecule has 0 fully saturated rings. The van der Waals surface area contributed by atoms with Crippen molar-refractivity contribution in [3.05, 3.63) is 97.2 Å². The summed E-state index contributed by atoms with van der Waals surface area (Å²) in [7, 11) is 5.95. The summed E-state index contributed by atoms with van der Waals surface area (Å²) >= 11 is 0. The molecule has 9 heteroatoms. The van der Waals surface area contributed by atoms with E-state index >= 15 is 0 Å². The summed E-state index contributed by atoms with van der Waals surface area (Å²) < 4.78 is 22.8. The Hall–Kier alpha value is -3.79. The average molecular weight is 965 g/mol. The number of ether oxygens (including phenoxy) is 4. The number of likely N-dealkylation sites (N-methyl/N-ethyl adjacent to an activating group) is 1. The Bertz CT molecular complexity index is 1450. The van der Waals surface area contributed by atoms with Crippen molar-refractivity contribution in [3.63, 3.8) is 0 Å². The van der Waals surface area contributed by atoms with E-state index in [2.05, 4.69) is 111 Å². The zero-order valence-corrected chi connectivity index (χ0v) is 44.7. The highest BCUT2D eigenvalue weighted by molar-refractivity contribution is 5.71. The molecule has 9 nitrogen and oxygen atoms in total. The lowest BCUT2D eigenvalue weighted by Crippen LogP contribution is -2.40. The van der Waals surface area contributed by atoms with Crippen LogP contribution in [0.4, 0.5) is 0 Å². The number of hydrogen-bond donors (Lipinski definition) is 1. The largest absolute Gasteiger partial charge is 0.477 e. The highest BCUT2D eigenvalue weighted by Gasteiger charge is 2.25. The first-order valence-electron chi connectivity index (χ1n) is 27.4. The molecule has 0 saturated carbocycles. The molecule has 0 spiro atoms. The van der Waals surface area contributed by atoms with Crippen molar-refractivity contribution in [2.45, 2.75) is 219 Å². The van der Waals surface area contributed by atoms with E-state index in [9.17, 15) is 19.5 Å². The van der Waals surface area contributed by atoms with Gasteiger partial charge in [0.15, 0.2) is 6.10 Å². The number of quaternary nitrogens is 1. The maximum absolute atomic E-state index is 12.9. The van der Waals surface area contributed by atoms with Crippen molar-refractivity contribution in [2.24, 2.45) is 0 Å². The number of allylic oxidation sites excluding steroid dienone is 16. The molecule has 0 saturated heterocycles. The van der Waals surface area contributed by atoms with E-state index in [4.69, 9.17) is 18.9 Å². The molecule has 0 amide bonds. The van der Waals surface area contributed by atoms with Crippen LogP contribution in [0.1, 0.15) is 206 Å². The molecule has 0 aromatic carbocycles. The lowest BCUT2D eigenvalue weighted by Gasteiger charge is -2.25. The van der Waals surface area contributed by atoms with Crippen molar-refractivity contribution in [2.75, 3.05) is 47.5 Å². The van der Waals surface area contributed by atoms with Gasteiger partial charge in [-0.1, -0.05) is 195 Å². The molecule has 0 bridgehead atoms. The number of rotatable bonds is 49. The fraction of sp³-hybridized carbons (Fsp3) is 0.683. The third-order valence-electron chi connectivity index (χ3n) is 11.3. The van der Waals surface area contributed by atoms with Crippen LogP contribution < -0.4 is 0 Å². The summed E-state index contributed by atoms with van der Waals surface area (Å²) in [6.45, 7) is 4.71. The molecule has 394 valence electrons. The number of unbranched alkanes of at least 4 members (excludes halogenated alkanes) is 18. The Kier molecular flexibility index (Phi) is 47.8. The number of carbonyl (C=O) groups excluding carboxylic acids is 2. The predicted molar refractivity (Wildman–Crippen MR) is 290 cm³/mol. The second-order valence-electron chi connectivity index (χ2n) is 19.2. The van der Waals surface area contributed by atoms with Gasteiger partial charge in [0.1, 0.15) is 13.2 Å². The molecule has 1 N–H and O–H groups in total. The SMILES string of the molecule is CC/C=C\C/C=C\C/C=C\C/C=C\C/C=C\CCCCCCCCCC(=O)OC(COC(=O)CCCCCCCC/C=C\C/C=C\C/C=C\CCCCCCC)COC(OCC[N+](C)(C)C)C(=O)O. The zero-order chi connectivity index (χ0) is 50.6. The van der Waals surface area contributed by atoms with Gasteiger partial charge in [0.05, 0.1) is 34.4 Å². The van der Waals surface area contributed by atoms with E-state index in [1.165, 1.54) is 70.6 Å². The van der Waals surface area contributed by atoms with E-state index in [0.717, 1.165) is 103 Å².